The average molecular weight is 291 g/mol. The van der Waals surface area contributed by atoms with Gasteiger partial charge in [-0.2, -0.15) is 0 Å². The second-order valence-electron chi connectivity index (χ2n) is 5.19. The van der Waals surface area contributed by atoms with Crippen LogP contribution >= 0.6 is 0 Å². The van der Waals surface area contributed by atoms with E-state index in [1.807, 2.05) is 42.2 Å². The smallest absolute Gasteiger partial charge is 0.323 e. The van der Waals surface area contributed by atoms with Crippen LogP contribution in [0, 0.1) is 0 Å². The minimum absolute atomic E-state index is 0.0677. The number of benzene rings is 1. The summed E-state index contributed by atoms with van der Waals surface area (Å²) in [5.74, 6) is -0.603. The Bertz CT molecular complexity index is 478. The molecule has 1 aliphatic heterocycles. The molecule has 0 unspecified atom stereocenters. The highest BCUT2D eigenvalue weighted by Crippen LogP contribution is 2.34. The fourth-order valence-electron chi connectivity index (χ4n) is 3.03. The van der Waals surface area contributed by atoms with Crippen molar-refractivity contribution in [3.05, 3.63) is 35.9 Å². The zero-order valence-corrected chi connectivity index (χ0v) is 12.6. The lowest BCUT2D eigenvalue weighted by Crippen LogP contribution is -2.46. The van der Waals surface area contributed by atoms with Crippen molar-refractivity contribution < 1.29 is 19.1 Å². The molecule has 0 bridgehead atoms. The first-order valence-corrected chi connectivity index (χ1v) is 7.08. The summed E-state index contributed by atoms with van der Waals surface area (Å²) in [5.41, 5.74) is 1.06. The van der Waals surface area contributed by atoms with Crippen molar-refractivity contribution in [2.24, 2.45) is 0 Å². The number of nitrogens with zero attached hydrogens (tertiary/aromatic N) is 1. The summed E-state index contributed by atoms with van der Waals surface area (Å²) in [6.07, 6.45) is 1.20. The first kappa shape index (κ1) is 15.5. The lowest BCUT2D eigenvalue weighted by molar-refractivity contribution is -0.152. The highest BCUT2D eigenvalue weighted by molar-refractivity contribution is 5.81. The number of hydrogen-bond acceptors (Lipinski definition) is 5. The molecule has 0 N–H and O–H groups in total. The standard InChI is InChI=1S/C16H21NO4/c1-11(12-7-5-4-6-8-12)17-13(15(18)20-2)9-10-14(17)16(19)21-3/h4-8,11,13-14H,9-10H2,1-3H3/t11-,13+,14+/m1/s1. The molecule has 21 heavy (non-hydrogen) atoms. The van der Waals surface area contributed by atoms with Gasteiger partial charge in [0.1, 0.15) is 12.1 Å². The number of ether oxygens (including phenoxy) is 2. The predicted octanol–water partition coefficient (Wildman–Crippen LogP) is 1.93. The largest absolute Gasteiger partial charge is 0.468 e. The Balaban J connectivity index is 2.31. The molecule has 0 spiro atoms. The van der Waals surface area contributed by atoms with Crippen LogP contribution in [0.25, 0.3) is 0 Å². The van der Waals surface area contributed by atoms with Crippen LogP contribution in [0.1, 0.15) is 31.4 Å². The van der Waals surface area contributed by atoms with Gasteiger partial charge in [-0.1, -0.05) is 30.3 Å². The maximum atomic E-state index is 12.0. The third-order valence-electron chi connectivity index (χ3n) is 4.11. The zero-order valence-electron chi connectivity index (χ0n) is 12.6. The normalized spacial score (nSPS) is 23.6. The quantitative estimate of drug-likeness (QED) is 0.793. The van der Waals surface area contributed by atoms with Crippen molar-refractivity contribution in [1.29, 1.82) is 0 Å². The molecule has 1 aliphatic rings. The molecule has 0 amide bonds. The molecule has 1 heterocycles. The molecular formula is C16H21NO4. The van der Waals surface area contributed by atoms with Gasteiger partial charge in [0.2, 0.25) is 0 Å². The van der Waals surface area contributed by atoms with Crippen LogP contribution in [0.3, 0.4) is 0 Å². The van der Waals surface area contributed by atoms with E-state index in [0.717, 1.165) is 5.56 Å². The van der Waals surface area contributed by atoms with Crippen molar-refractivity contribution in [3.8, 4) is 0 Å². The Hall–Kier alpha value is -1.88. The first-order valence-electron chi connectivity index (χ1n) is 7.08. The third-order valence-corrected chi connectivity index (χ3v) is 4.11. The second kappa shape index (κ2) is 6.72. The third kappa shape index (κ3) is 3.08. The van der Waals surface area contributed by atoms with Gasteiger partial charge in [0, 0.05) is 6.04 Å². The summed E-state index contributed by atoms with van der Waals surface area (Å²) in [6.45, 7) is 1.99. The SMILES string of the molecule is COC(=O)[C@@H]1CC[C@@H](C(=O)OC)N1[C@H](C)c1ccccc1. The van der Waals surface area contributed by atoms with E-state index in [2.05, 4.69) is 0 Å². The summed E-state index contributed by atoms with van der Waals surface area (Å²) >= 11 is 0. The van der Waals surface area contributed by atoms with Crippen LogP contribution in [-0.2, 0) is 19.1 Å². The van der Waals surface area contributed by atoms with Crippen molar-refractivity contribution >= 4 is 11.9 Å². The molecule has 1 fully saturated rings. The lowest BCUT2D eigenvalue weighted by Gasteiger charge is -2.33. The minimum Gasteiger partial charge on any atom is -0.468 e. The van der Waals surface area contributed by atoms with Crippen LogP contribution in [0.5, 0.6) is 0 Å². The molecule has 0 radical (unpaired) electrons. The number of rotatable bonds is 4. The molecule has 0 aromatic heterocycles. The number of methoxy groups -OCH3 is 2. The lowest BCUT2D eigenvalue weighted by atomic mass is 10.0. The monoisotopic (exact) mass is 291 g/mol. The van der Waals surface area contributed by atoms with Crippen LogP contribution < -0.4 is 0 Å². The van der Waals surface area contributed by atoms with E-state index in [1.165, 1.54) is 14.2 Å². The minimum atomic E-state index is -0.408. The fourth-order valence-corrected chi connectivity index (χ4v) is 3.03. The van der Waals surface area contributed by atoms with E-state index in [4.69, 9.17) is 9.47 Å². The molecule has 1 aromatic rings. The first-order chi connectivity index (χ1) is 10.1. The van der Waals surface area contributed by atoms with E-state index in [-0.39, 0.29) is 18.0 Å². The molecule has 5 nitrogen and oxygen atoms in total. The highest BCUT2D eigenvalue weighted by atomic mass is 16.5. The van der Waals surface area contributed by atoms with Crippen molar-refractivity contribution in [1.82, 2.24) is 4.90 Å². The number of carbonyl (C=O) groups is 2. The van der Waals surface area contributed by atoms with Crippen LogP contribution in [0.4, 0.5) is 0 Å². The zero-order chi connectivity index (χ0) is 15.4. The van der Waals surface area contributed by atoms with Crippen molar-refractivity contribution in [2.45, 2.75) is 37.9 Å². The van der Waals surface area contributed by atoms with E-state index >= 15 is 0 Å². The van der Waals surface area contributed by atoms with E-state index in [9.17, 15) is 9.59 Å². The number of likely N-dealkylation sites (tertiary alicyclic amines) is 1. The maximum Gasteiger partial charge on any atom is 0.323 e. The molecule has 1 saturated heterocycles. The van der Waals surface area contributed by atoms with Gasteiger partial charge in [-0.15, -0.1) is 0 Å². The highest BCUT2D eigenvalue weighted by Gasteiger charge is 2.45. The van der Waals surface area contributed by atoms with E-state index < -0.39 is 12.1 Å². The van der Waals surface area contributed by atoms with Crippen LogP contribution in [-0.4, -0.2) is 43.1 Å². The van der Waals surface area contributed by atoms with Gasteiger partial charge >= 0.3 is 11.9 Å². The van der Waals surface area contributed by atoms with Gasteiger partial charge in [0.05, 0.1) is 14.2 Å². The van der Waals surface area contributed by atoms with Gasteiger partial charge in [-0.05, 0) is 25.3 Å². The Morgan fingerprint density at radius 2 is 1.52 bits per heavy atom. The molecule has 0 aliphatic carbocycles. The summed E-state index contributed by atoms with van der Waals surface area (Å²) in [4.78, 5) is 25.9. The molecule has 114 valence electrons. The molecule has 5 heteroatoms. The van der Waals surface area contributed by atoms with E-state index in [1.54, 1.807) is 0 Å². The molecule has 0 saturated carbocycles. The van der Waals surface area contributed by atoms with Gasteiger partial charge in [0.15, 0.2) is 0 Å². The maximum absolute atomic E-state index is 12.0. The van der Waals surface area contributed by atoms with Crippen molar-refractivity contribution in [2.75, 3.05) is 14.2 Å². The summed E-state index contributed by atoms with van der Waals surface area (Å²) in [5, 5.41) is 0. The Labute approximate surface area is 124 Å². The fraction of sp³-hybridized carbons (Fsp3) is 0.500. The Morgan fingerprint density at radius 3 is 1.95 bits per heavy atom. The van der Waals surface area contributed by atoms with Gasteiger partial charge in [-0.3, -0.25) is 14.5 Å². The second-order valence-corrected chi connectivity index (χ2v) is 5.19. The predicted molar refractivity (Wildman–Crippen MR) is 77.5 cm³/mol. The number of hydrogen-bond donors (Lipinski definition) is 0. The average Bonchev–Trinajstić information content (AvgIpc) is 2.98. The molecule has 3 atom stereocenters. The van der Waals surface area contributed by atoms with Gasteiger partial charge in [0.25, 0.3) is 0 Å². The molecule has 1 aromatic carbocycles. The van der Waals surface area contributed by atoms with Crippen molar-refractivity contribution in [3.63, 3.8) is 0 Å². The Kier molecular flexibility index (Phi) is 4.96. The molecule has 2 rings (SSSR count). The topological polar surface area (TPSA) is 55.8 Å². The number of esters is 2. The summed E-state index contributed by atoms with van der Waals surface area (Å²) in [7, 11) is 2.75. The molecular weight excluding hydrogens is 270 g/mol. The van der Waals surface area contributed by atoms with Gasteiger partial charge in [-0.25, -0.2) is 0 Å². The summed E-state index contributed by atoms with van der Waals surface area (Å²) < 4.78 is 9.76. The van der Waals surface area contributed by atoms with Crippen LogP contribution in [0.15, 0.2) is 30.3 Å². The van der Waals surface area contributed by atoms with Crippen LogP contribution in [0.2, 0.25) is 0 Å². The number of carbonyl (C=O) groups excluding carboxylic acids is 2. The van der Waals surface area contributed by atoms with E-state index in [0.29, 0.717) is 12.8 Å². The Morgan fingerprint density at radius 1 is 1.05 bits per heavy atom. The van der Waals surface area contributed by atoms with Gasteiger partial charge < -0.3 is 9.47 Å². The summed E-state index contributed by atoms with van der Waals surface area (Å²) in [6, 6.07) is 8.93.